The summed E-state index contributed by atoms with van der Waals surface area (Å²) in [6, 6.07) is 6.81. The van der Waals surface area contributed by atoms with E-state index in [1.165, 1.54) is 11.3 Å². The highest BCUT2D eigenvalue weighted by Crippen LogP contribution is 2.40. The Labute approximate surface area is 134 Å². The Morgan fingerprint density at radius 1 is 1.36 bits per heavy atom. The normalized spacial score (nSPS) is 17.5. The van der Waals surface area contributed by atoms with Crippen molar-refractivity contribution in [1.29, 1.82) is 0 Å². The maximum absolute atomic E-state index is 11.6. The van der Waals surface area contributed by atoms with Crippen LogP contribution in [-0.4, -0.2) is 32.1 Å². The zero-order chi connectivity index (χ0) is 16.3. The van der Waals surface area contributed by atoms with Crippen molar-refractivity contribution < 1.29 is 4.79 Å². The number of carbonyl (C=O) groups is 1. The minimum Gasteiger partial charge on any atom is -0.366 e. The molecule has 0 bridgehead atoms. The van der Waals surface area contributed by atoms with Crippen LogP contribution >= 0.6 is 0 Å². The van der Waals surface area contributed by atoms with Crippen LogP contribution in [0.5, 0.6) is 0 Å². The average Bonchev–Trinajstić information content (AvgIpc) is 2.83. The summed E-state index contributed by atoms with van der Waals surface area (Å²) >= 11 is 0. The monoisotopic (exact) mass is 303 g/mol. The van der Waals surface area contributed by atoms with Gasteiger partial charge in [-0.25, -0.2) is 0 Å². The summed E-state index contributed by atoms with van der Waals surface area (Å²) < 4.78 is 0. The number of rotatable bonds is 5. The molecule has 1 aromatic rings. The molecule has 0 aromatic heterocycles. The van der Waals surface area contributed by atoms with E-state index >= 15 is 0 Å². The molecule has 0 aliphatic carbocycles. The third-order valence-corrected chi connectivity index (χ3v) is 4.39. The predicted molar refractivity (Wildman–Crippen MR) is 93.6 cm³/mol. The quantitative estimate of drug-likeness (QED) is 0.879. The minimum absolute atomic E-state index is 0.0670. The number of nitrogens with zero attached hydrogens (tertiary/aromatic N) is 1. The van der Waals surface area contributed by atoms with Crippen molar-refractivity contribution in [2.45, 2.75) is 46.6 Å². The van der Waals surface area contributed by atoms with E-state index in [2.05, 4.69) is 48.4 Å². The van der Waals surface area contributed by atoms with Crippen molar-refractivity contribution in [2.75, 3.05) is 30.4 Å². The van der Waals surface area contributed by atoms with Crippen LogP contribution in [0, 0.1) is 5.41 Å². The Morgan fingerprint density at radius 2 is 2.09 bits per heavy atom. The molecule has 0 saturated heterocycles. The lowest BCUT2D eigenvalue weighted by molar-refractivity contribution is -0.115. The molecule has 0 spiro atoms. The summed E-state index contributed by atoms with van der Waals surface area (Å²) in [5, 5.41) is 6.21. The minimum atomic E-state index is 0.0670. The van der Waals surface area contributed by atoms with Crippen molar-refractivity contribution in [3.63, 3.8) is 0 Å². The average molecular weight is 303 g/mol. The van der Waals surface area contributed by atoms with E-state index in [0.717, 1.165) is 25.2 Å². The van der Waals surface area contributed by atoms with Crippen LogP contribution in [-0.2, 0) is 11.2 Å². The Hall–Kier alpha value is -1.55. The number of benzene rings is 1. The molecule has 0 fully saturated rings. The molecule has 1 aliphatic heterocycles. The van der Waals surface area contributed by atoms with Crippen LogP contribution in [0.1, 0.15) is 39.7 Å². The summed E-state index contributed by atoms with van der Waals surface area (Å²) in [7, 11) is 1.99. The van der Waals surface area contributed by atoms with Crippen molar-refractivity contribution in [3.05, 3.63) is 23.8 Å². The third kappa shape index (κ3) is 3.61. The smallest absolute Gasteiger partial charge is 0.224 e. The molecule has 1 atom stereocenters. The van der Waals surface area contributed by atoms with Crippen molar-refractivity contribution in [1.82, 2.24) is 5.32 Å². The van der Waals surface area contributed by atoms with Crippen molar-refractivity contribution in [3.8, 4) is 0 Å². The molecule has 122 valence electrons. The van der Waals surface area contributed by atoms with Gasteiger partial charge in [-0.2, -0.15) is 0 Å². The molecule has 4 heteroatoms. The largest absolute Gasteiger partial charge is 0.366 e. The van der Waals surface area contributed by atoms with Gasteiger partial charge in [0.05, 0.1) is 0 Å². The summed E-state index contributed by atoms with van der Waals surface area (Å²) in [6.45, 7) is 10.8. The van der Waals surface area contributed by atoms with Crippen LogP contribution in [0.15, 0.2) is 18.2 Å². The highest BCUT2D eigenvalue weighted by Gasteiger charge is 2.36. The SMILES string of the molecule is CCC(=O)Nc1ccc2c(c1)CC(C(C)(C)C)N2CCNC. The summed E-state index contributed by atoms with van der Waals surface area (Å²) in [4.78, 5) is 14.1. The molecule has 1 aromatic carbocycles. The zero-order valence-electron chi connectivity index (χ0n) is 14.5. The fraction of sp³-hybridized carbons (Fsp3) is 0.611. The van der Waals surface area contributed by atoms with Gasteiger partial charge >= 0.3 is 0 Å². The molecule has 1 unspecified atom stereocenters. The number of likely N-dealkylation sites (N-methyl/N-ethyl adjacent to an activating group) is 1. The summed E-state index contributed by atoms with van der Waals surface area (Å²) in [5.74, 6) is 0.0670. The number of amides is 1. The topological polar surface area (TPSA) is 44.4 Å². The van der Waals surface area contributed by atoms with E-state index < -0.39 is 0 Å². The van der Waals surface area contributed by atoms with Gasteiger partial charge in [-0.15, -0.1) is 0 Å². The molecule has 2 rings (SSSR count). The van der Waals surface area contributed by atoms with Crippen LogP contribution in [0.25, 0.3) is 0 Å². The third-order valence-electron chi connectivity index (χ3n) is 4.39. The lowest BCUT2D eigenvalue weighted by Crippen LogP contribution is -2.44. The number of carbonyl (C=O) groups excluding carboxylic acids is 1. The summed E-state index contributed by atoms with van der Waals surface area (Å²) in [6.07, 6.45) is 1.55. The first-order valence-corrected chi connectivity index (χ1v) is 8.20. The molecule has 22 heavy (non-hydrogen) atoms. The lowest BCUT2D eigenvalue weighted by atomic mass is 9.84. The Morgan fingerprint density at radius 3 is 2.68 bits per heavy atom. The Balaban J connectivity index is 2.26. The first-order valence-electron chi connectivity index (χ1n) is 8.20. The van der Waals surface area contributed by atoms with Crippen LogP contribution in [0.2, 0.25) is 0 Å². The molecular formula is C18H29N3O. The number of nitrogens with one attached hydrogen (secondary N) is 2. The van der Waals surface area contributed by atoms with Gasteiger partial charge in [0.25, 0.3) is 0 Å². The maximum Gasteiger partial charge on any atom is 0.224 e. The van der Waals surface area contributed by atoms with E-state index in [1.807, 2.05) is 20.0 Å². The fourth-order valence-electron chi connectivity index (χ4n) is 3.12. The number of fused-ring (bicyclic) bond motifs is 1. The van der Waals surface area contributed by atoms with Gasteiger partial charge in [-0.05, 0) is 42.6 Å². The Bertz CT molecular complexity index is 534. The van der Waals surface area contributed by atoms with Crippen molar-refractivity contribution in [2.24, 2.45) is 5.41 Å². The second kappa shape index (κ2) is 6.69. The van der Waals surface area contributed by atoms with E-state index in [9.17, 15) is 4.79 Å². The van der Waals surface area contributed by atoms with Gasteiger partial charge in [-0.3, -0.25) is 4.79 Å². The molecule has 0 radical (unpaired) electrons. The predicted octanol–water partition coefficient (Wildman–Crippen LogP) is 3.03. The summed E-state index contributed by atoms with van der Waals surface area (Å²) in [5.41, 5.74) is 3.78. The van der Waals surface area contributed by atoms with Gasteiger partial charge in [0, 0.05) is 36.9 Å². The van der Waals surface area contributed by atoms with Gasteiger partial charge in [0.1, 0.15) is 0 Å². The second-order valence-corrected chi connectivity index (χ2v) is 7.13. The van der Waals surface area contributed by atoms with E-state index in [4.69, 9.17) is 0 Å². The van der Waals surface area contributed by atoms with Gasteiger partial charge in [0.2, 0.25) is 5.91 Å². The first-order chi connectivity index (χ1) is 10.4. The van der Waals surface area contributed by atoms with Crippen molar-refractivity contribution >= 4 is 17.3 Å². The molecule has 1 amide bonds. The van der Waals surface area contributed by atoms with E-state index in [0.29, 0.717) is 12.5 Å². The Kier molecular flexibility index (Phi) is 5.12. The zero-order valence-corrected chi connectivity index (χ0v) is 14.5. The van der Waals surface area contributed by atoms with Crippen LogP contribution < -0.4 is 15.5 Å². The second-order valence-electron chi connectivity index (χ2n) is 7.13. The molecule has 0 saturated carbocycles. The molecule has 1 heterocycles. The highest BCUT2D eigenvalue weighted by atomic mass is 16.1. The van der Waals surface area contributed by atoms with Crippen LogP contribution in [0.3, 0.4) is 0 Å². The standard InChI is InChI=1S/C18H29N3O/c1-6-17(22)20-14-7-8-15-13(11-14)12-16(18(2,3)4)21(15)10-9-19-5/h7-8,11,16,19H,6,9-10,12H2,1-5H3,(H,20,22). The molecule has 1 aliphatic rings. The number of anilines is 2. The lowest BCUT2D eigenvalue weighted by Gasteiger charge is -2.37. The number of hydrogen-bond donors (Lipinski definition) is 2. The maximum atomic E-state index is 11.6. The number of hydrogen-bond acceptors (Lipinski definition) is 3. The van der Waals surface area contributed by atoms with Gasteiger partial charge in [0.15, 0.2) is 0 Å². The van der Waals surface area contributed by atoms with Gasteiger partial charge < -0.3 is 15.5 Å². The first kappa shape index (κ1) is 16.8. The van der Waals surface area contributed by atoms with Crippen LogP contribution in [0.4, 0.5) is 11.4 Å². The van der Waals surface area contributed by atoms with Gasteiger partial charge in [-0.1, -0.05) is 27.7 Å². The molecular weight excluding hydrogens is 274 g/mol. The molecule has 2 N–H and O–H groups in total. The van der Waals surface area contributed by atoms with E-state index in [1.54, 1.807) is 0 Å². The fourth-order valence-corrected chi connectivity index (χ4v) is 3.12. The highest BCUT2D eigenvalue weighted by molar-refractivity contribution is 5.91. The molecule has 4 nitrogen and oxygen atoms in total. The van der Waals surface area contributed by atoms with E-state index in [-0.39, 0.29) is 11.3 Å².